The summed E-state index contributed by atoms with van der Waals surface area (Å²) in [6.45, 7) is 2.14. The Morgan fingerprint density at radius 3 is 3.00 bits per heavy atom. The molecule has 0 saturated carbocycles. The van der Waals surface area contributed by atoms with Gasteiger partial charge in [0.25, 0.3) is 0 Å². The van der Waals surface area contributed by atoms with E-state index < -0.39 is 0 Å². The summed E-state index contributed by atoms with van der Waals surface area (Å²) in [4.78, 5) is 11.6. The van der Waals surface area contributed by atoms with E-state index in [4.69, 9.17) is 10.5 Å². The first kappa shape index (κ1) is 12.6. The molecule has 1 aromatic carbocycles. The minimum Gasteiger partial charge on any atom is -0.462 e. The quantitative estimate of drug-likeness (QED) is 0.841. The standard InChI is InChI=1S/C12H13N3O2S/c1-2-17-11(16)9-5-3-4-8(6-9)10-7-18-12(13)15-14-10/h3-6H,2,7H2,1H3,(H2,13,15). The summed E-state index contributed by atoms with van der Waals surface area (Å²) in [5.74, 6) is 0.327. The van der Waals surface area contributed by atoms with Crippen molar-refractivity contribution in [1.82, 2.24) is 0 Å². The molecule has 6 heteroatoms. The largest absolute Gasteiger partial charge is 0.462 e. The Kier molecular flexibility index (Phi) is 3.99. The van der Waals surface area contributed by atoms with Gasteiger partial charge in [0.15, 0.2) is 5.17 Å². The van der Waals surface area contributed by atoms with Crippen LogP contribution in [-0.2, 0) is 4.74 Å². The molecule has 18 heavy (non-hydrogen) atoms. The molecule has 1 aliphatic rings. The zero-order chi connectivity index (χ0) is 13.0. The summed E-state index contributed by atoms with van der Waals surface area (Å²) in [5, 5.41) is 8.32. The number of carbonyl (C=O) groups is 1. The van der Waals surface area contributed by atoms with Gasteiger partial charge in [0.05, 0.1) is 17.9 Å². The summed E-state index contributed by atoms with van der Waals surface area (Å²) in [7, 11) is 0. The molecular weight excluding hydrogens is 250 g/mol. The van der Waals surface area contributed by atoms with Crippen LogP contribution in [0.3, 0.4) is 0 Å². The van der Waals surface area contributed by atoms with E-state index in [1.54, 1.807) is 25.1 Å². The lowest BCUT2D eigenvalue weighted by Crippen LogP contribution is -2.16. The molecule has 0 bridgehead atoms. The van der Waals surface area contributed by atoms with Crippen molar-refractivity contribution in [3.8, 4) is 0 Å². The van der Waals surface area contributed by atoms with Gasteiger partial charge in [-0.15, -0.1) is 5.10 Å². The first-order valence-corrected chi connectivity index (χ1v) is 6.49. The lowest BCUT2D eigenvalue weighted by Gasteiger charge is -2.10. The van der Waals surface area contributed by atoms with E-state index in [2.05, 4.69) is 10.2 Å². The summed E-state index contributed by atoms with van der Waals surface area (Å²) >= 11 is 1.43. The highest BCUT2D eigenvalue weighted by Gasteiger charge is 2.13. The Bertz CT molecular complexity index is 526. The van der Waals surface area contributed by atoms with Crippen LogP contribution in [0.25, 0.3) is 0 Å². The lowest BCUT2D eigenvalue weighted by molar-refractivity contribution is 0.0526. The van der Waals surface area contributed by atoms with Crippen molar-refractivity contribution >= 4 is 28.6 Å². The number of thioether (sulfide) groups is 1. The number of nitrogens with two attached hydrogens (primary N) is 1. The van der Waals surface area contributed by atoms with Crippen molar-refractivity contribution in [3.63, 3.8) is 0 Å². The third-order valence-electron chi connectivity index (χ3n) is 2.33. The third kappa shape index (κ3) is 2.89. The van der Waals surface area contributed by atoms with Gasteiger partial charge >= 0.3 is 5.97 Å². The first-order valence-electron chi connectivity index (χ1n) is 5.51. The SMILES string of the molecule is CCOC(=O)c1cccc(C2=NN=C(N)SC2)c1. The number of ether oxygens (including phenoxy) is 1. The number of benzene rings is 1. The Balaban J connectivity index is 2.25. The van der Waals surface area contributed by atoms with Gasteiger partial charge in [-0.3, -0.25) is 0 Å². The fourth-order valence-electron chi connectivity index (χ4n) is 1.49. The maximum atomic E-state index is 11.6. The fraction of sp³-hybridized carbons (Fsp3) is 0.250. The predicted octanol–water partition coefficient (Wildman–Crippen LogP) is 1.63. The molecule has 1 aromatic rings. The molecule has 2 N–H and O–H groups in total. The Hall–Kier alpha value is -1.82. The second kappa shape index (κ2) is 5.68. The van der Waals surface area contributed by atoms with E-state index in [1.807, 2.05) is 6.07 Å². The molecule has 0 aromatic heterocycles. The molecule has 0 saturated heterocycles. The second-order valence-corrected chi connectivity index (χ2v) is 4.57. The zero-order valence-electron chi connectivity index (χ0n) is 9.92. The third-order valence-corrected chi connectivity index (χ3v) is 3.13. The second-order valence-electron chi connectivity index (χ2n) is 3.57. The van der Waals surface area contributed by atoms with E-state index in [9.17, 15) is 4.79 Å². The lowest BCUT2D eigenvalue weighted by atomic mass is 10.1. The highest BCUT2D eigenvalue weighted by atomic mass is 32.2. The normalized spacial score (nSPS) is 14.7. The smallest absolute Gasteiger partial charge is 0.338 e. The van der Waals surface area contributed by atoms with E-state index in [0.29, 0.717) is 23.1 Å². The number of nitrogens with zero attached hydrogens (tertiary/aromatic N) is 2. The van der Waals surface area contributed by atoms with E-state index in [1.165, 1.54) is 11.8 Å². The first-order chi connectivity index (χ1) is 8.70. The number of hydrogen-bond acceptors (Lipinski definition) is 6. The van der Waals surface area contributed by atoms with Crippen LogP contribution in [0.15, 0.2) is 34.5 Å². The van der Waals surface area contributed by atoms with Crippen LogP contribution in [-0.4, -0.2) is 29.2 Å². The zero-order valence-corrected chi connectivity index (χ0v) is 10.7. The highest BCUT2D eigenvalue weighted by Crippen LogP contribution is 2.15. The van der Waals surface area contributed by atoms with Crippen LogP contribution >= 0.6 is 11.8 Å². The molecule has 0 spiro atoms. The summed E-state index contributed by atoms with van der Waals surface area (Å²) < 4.78 is 4.96. The molecule has 5 nitrogen and oxygen atoms in total. The van der Waals surface area contributed by atoms with Crippen LogP contribution in [0.5, 0.6) is 0 Å². The average Bonchev–Trinajstić information content (AvgIpc) is 2.40. The minimum atomic E-state index is -0.327. The summed E-state index contributed by atoms with van der Waals surface area (Å²) in [5.41, 5.74) is 7.71. The fourth-order valence-corrected chi connectivity index (χ4v) is 2.10. The number of amidine groups is 1. The van der Waals surface area contributed by atoms with Gasteiger partial charge in [-0.2, -0.15) is 5.10 Å². The van der Waals surface area contributed by atoms with Crippen molar-refractivity contribution in [2.75, 3.05) is 12.4 Å². The number of rotatable bonds is 3. The van der Waals surface area contributed by atoms with Crippen LogP contribution in [0.2, 0.25) is 0 Å². The monoisotopic (exact) mass is 263 g/mol. The average molecular weight is 263 g/mol. The highest BCUT2D eigenvalue weighted by molar-refractivity contribution is 8.14. The summed E-state index contributed by atoms with van der Waals surface area (Å²) in [6, 6.07) is 7.17. The predicted molar refractivity (Wildman–Crippen MR) is 73.0 cm³/mol. The van der Waals surface area contributed by atoms with Crippen LogP contribution < -0.4 is 5.73 Å². The molecule has 0 fully saturated rings. The van der Waals surface area contributed by atoms with Gasteiger partial charge in [-0.05, 0) is 24.6 Å². The Morgan fingerprint density at radius 2 is 2.33 bits per heavy atom. The molecule has 0 amide bonds. The summed E-state index contributed by atoms with van der Waals surface area (Å²) in [6.07, 6.45) is 0. The Labute approximate surface area is 109 Å². The van der Waals surface area contributed by atoms with Crippen molar-refractivity contribution in [2.24, 2.45) is 15.9 Å². The van der Waals surface area contributed by atoms with Crippen LogP contribution in [0.1, 0.15) is 22.8 Å². The van der Waals surface area contributed by atoms with Crippen molar-refractivity contribution in [2.45, 2.75) is 6.92 Å². The maximum absolute atomic E-state index is 11.6. The van der Waals surface area contributed by atoms with Crippen molar-refractivity contribution in [1.29, 1.82) is 0 Å². The van der Waals surface area contributed by atoms with E-state index in [0.717, 1.165) is 11.3 Å². The van der Waals surface area contributed by atoms with Gasteiger partial charge in [0.2, 0.25) is 0 Å². The minimum absolute atomic E-state index is 0.327. The Morgan fingerprint density at radius 1 is 1.50 bits per heavy atom. The molecule has 0 atom stereocenters. The van der Waals surface area contributed by atoms with Gasteiger partial charge in [-0.25, -0.2) is 4.79 Å². The molecule has 0 aliphatic carbocycles. The van der Waals surface area contributed by atoms with Crippen LogP contribution in [0.4, 0.5) is 0 Å². The molecule has 0 radical (unpaired) electrons. The number of hydrogen-bond donors (Lipinski definition) is 1. The van der Waals surface area contributed by atoms with Crippen molar-refractivity contribution in [3.05, 3.63) is 35.4 Å². The topological polar surface area (TPSA) is 77.0 Å². The molecule has 1 aliphatic heterocycles. The van der Waals surface area contributed by atoms with Gasteiger partial charge in [0.1, 0.15) is 0 Å². The molecule has 2 rings (SSSR count). The number of esters is 1. The van der Waals surface area contributed by atoms with E-state index >= 15 is 0 Å². The van der Waals surface area contributed by atoms with Crippen LogP contribution in [0, 0.1) is 0 Å². The van der Waals surface area contributed by atoms with Gasteiger partial charge in [-0.1, -0.05) is 23.9 Å². The molecular formula is C12H13N3O2S. The van der Waals surface area contributed by atoms with Gasteiger partial charge in [0, 0.05) is 5.75 Å². The number of carbonyl (C=O) groups excluding carboxylic acids is 1. The van der Waals surface area contributed by atoms with Crippen molar-refractivity contribution < 1.29 is 9.53 Å². The maximum Gasteiger partial charge on any atom is 0.338 e. The van der Waals surface area contributed by atoms with E-state index in [-0.39, 0.29) is 5.97 Å². The molecule has 0 unspecified atom stereocenters. The van der Waals surface area contributed by atoms with Gasteiger partial charge < -0.3 is 10.5 Å². The molecule has 1 heterocycles. The molecule has 94 valence electrons.